The minimum Gasteiger partial charge on any atom is -0.302 e. The van der Waals surface area contributed by atoms with Crippen molar-refractivity contribution in [2.75, 3.05) is 6.26 Å². The van der Waals surface area contributed by atoms with Crippen LogP contribution in [0.2, 0.25) is 5.02 Å². The van der Waals surface area contributed by atoms with Gasteiger partial charge < -0.3 is 4.79 Å². The lowest BCUT2D eigenvalue weighted by Crippen LogP contribution is -2.06. The van der Waals surface area contributed by atoms with E-state index in [1.807, 2.05) is 18.4 Å². The quantitative estimate of drug-likeness (QED) is 0.489. The molecule has 0 saturated carbocycles. The molecule has 92 valence electrons. The number of hydrogen-bond acceptors (Lipinski definition) is 4. The molecule has 0 aliphatic heterocycles. The molecule has 18 heavy (non-hydrogen) atoms. The number of halogens is 1. The second kappa shape index (κ2) is 5.98. The van der Waals surface area contributed by atoms with Crippen molar-refractivity contribution in [1.82, 2.24) is 9.97 Å². The third kappa shape index (κ3) is 2.89. The Morgan fingerprint density at radius 1 is 1.39 bits per heavy atom. The number of aldehydes is 1. The molecule has 0 aliphatic carbocycles. The summed E-state index contributed by atoms with van der Waals surface area (Å²) in [6.45, 7) is 0. The number of nitrogens with zero attached hydrogens (tertiary/aromatic N) is 2. The lowest BCUT2D eigenvalue weighted by atomic mass is 9.97. The number of rotatable bonds is 4. The fraction of sp³-hybridized carbons (Fsp3) is 0.154. The van der Waals surface area contributed by atoms with E-state index >= 15 is 0 Å². The highest BCUT2D eigenvalue weighted by Crippen LogP contribution is 2.24. The van der Waals surface area contributed by atoms with Gasteiger partial charge in [-0.15, -0.1) is 0 Å². The Bertz CT molecular complexity index is 562. The number of aromatic nitrogens is 2. The first-order valence-corrected chi connectivity index (χ1v) is 6.92. The van der Waals surface area contributed by atoms with E-state index in [0.29, 0.717) is 15.9 Å². The summed E-state index contributed by atoms with van der Waals surface area (Å²) in [7, 11) is 0. The van der Waals surface area contributed by atoms with Crippen LogP contribution in [0.1, 0.15) is 17.2 Å². The molecule has 0 radical (unpaired) electrons. The van der Waals surface area contributed by atoms with Crippen molar-refractivity contribution < 1.29 is 4.79 Å². The summed E-state index contributed by atoms with van der Waals surface area (Å²) in [5, 5.41) is 1.26. The van der Waals surface area contributed by atoms with E-state index in [4.69, 9.17) is 11.6 Å². The molecule has 2 aromatic rings. The minimum absolute atomic E-state index is 0.405. The first-order valence-electron chi connectivity index (χ1n) is 5.32. The van der Waals surface area contributed by atoms with Gasteiger partial charge >= 0.3 is 0 Å². The maximum atomic E-state index is 11.3. The first kappa shape index (κ1) is 13.1. The predicted molar refractivity (Wildman–Crippen MR) is 73.2 cm³/mol. The fourth-order valence-corrected chi connectivity index (χ4v) is 2.21. The van der Waals surface area contributed by atoms with Gasteiger partial charge in [0, 0.05) is 11.2 Å². The van der Waals surface area contributed by atoms with Gasteiger partial charge in [-0.05, 0) is 30.0 Å². The Morgan fingerprint density at radius 3 is 2.89 bits per heavy atom. The van der Waals surface area contributed by atoms with Gasteiger partial charge in [-0.2, -0.15) is 0 Å². The number of carbonyl (C=O) groups excluding carboxylic acids is 1. The molecule has 0 amide bonds. The van der Waals surface area contributed by atoms with Crippen LogP contribution in [0.4, 0.5) is 0 Å². The number of carbonyl (C=O) groups is 1. The minimum atomic E-state index is -0.405. The van der Waals surface area contributed by atoms with Crippen LogP contribution in [0.5, 0.6) is 0 Å². The van der Waals surface area contributed by atoms with E-state index in [9.17, 15) is 4.79 Å². The second-order valence-corrected chi connectivity index (χ2v) is 4.85. The maximum absolute atomic E-state index is 11.3. The van der Waals surface area contributed by atoms with Crippen LogP contribution in [-0.2, 0) is 4.79 Å². The molecule has 0 bridgehead atoms. The van der Waals surface area contributed by atoms with E-state index in [0.717, 1.165) is 11.8 Å². The molecule has 3 nitrogen and oxygen atoms in total. The Kier molecular flexibility index (Phi) is 4.33. The largest absolute Gasteiger partial charge is 0.302 e. The van der Waals surface area contributed by atoms with Gasteiger partial charge in [0.05, 0.1) is 11.6 Å². The molecular weight excluding hydrogens is 268 g/mol. The van der Waals surface area contributed by atoms with Crippen molar-refractivity contribution in [3.8, 4) is 0 Å². The molecule has 5 heteroatoms. The predicted octanol–water partition coefficient (Wildman–Crippen LogP) is 3.18. The maximum Gasteiger partial charge on any atom is 0.187 e. The normalized spacial score (nSPS) is 12.1. The van der Waals surface area contributed by atoms with Crippen molar-refractivity contribution >= 4 is 29.6 Å². The third-order valence-electron chi connectivity index (χ3n) is 2.50. The van der Waals surface area contributed by atoms with Crippen molar-refractivity contribution in [2.45, 2.75) is 11.1 Å². The molecule has 0 spiro atoms. The lowest BCUT2D eigenvalue weighted by molar-refractivity contribution is -0.108. The van der Waals surface area contributed by atoms with Crippen LogP contribution < -0.4 is 0 Å². The van der Waals surface area contributed by atoms with Crippen molar-refractivity contribution in [2.24, 2.45) is 0 Å². The molecular formula is C13H11ClN2OS. The molecule has 1 atom stereocenters. The molecule has 1 aromatic heterocycles. The Hall–Kier alpha value is -1.39. The molecule has 0 saturated heterocycles. The highest BCUT2D eigenvalue weighted by molar-refractivity contribution is 7.98. The van der Waals surface area contributed by atoms with E-state index in [2.05, 4.69) is 9.97 Å². The second-order valence-electron chi connectivity index (χ2n) is 3.64. The third-order valence-corrected chi connectivity index (χ3v) is 3.30. The van der Waals surface area contributed by atoms with E-state index in [-0.39, 0.29) is 0 Å². The monoisotopic (exact) mass is 278 g/mol. The number of thioether (sulfide) groups is 1. The zero-order chi connectivity index (χ0) is 13.0. The lowest BCUT2D eigenvalue weighted by Gasteiger charge is -2.10. The van der Waals surface area contributed by atoms with Gasteiger partial charge in [-0.1, -0.05) is 35.5 Å². The van der Waals surface area contributed by atoms with E-state index in [1.54, 1.807) is 24.4 Å². The summed E-state index contributed by atoms with van der Waals surface area (Å²) in [4.78, 5) is 19.7. The highest BCUT2D eigenvalue weighted by atomic mass is 35.5. The summed E-state index contributed by atoms with van der Waals surface area (Å²) in [5.74, 6) is -0.405. The Labute approximate surface area is 115 Å². The average molecular weight is 279 g/mol. The van der Waals surface area contributed by atoms with Gasteiger partial charge in [0.2, 0.25) is 0 Å². The van der Waals surface area contributed by atoms with Gasteiger partial charge in [-0.25, -0.2) is 9.97 Å². The van der Waals surface area contributed by atoms with Crippen molar-refractivity contribution in [1.29, 1.82) is 0 Å². The van der Waals surface area contributed by atoms with Crippen LogP contribution in [0.15, 0.2) is 41.7 Å². The Balaban J connectivity index is 2.41. The van der Waals surface area contributed by atoms with Gasteiger partial charge in [0.25, 0.3) is 0 Å². The molecule has 2 rings (SSSR count). The average Bonchev–Trinajstić information content (AvgIpc) is 2.40. The summed E-state index contributed by atoms with van der Waals surface area (Å²) in [5.41, 5.74) is 1.52. The molecule has 1 heterocycles. The van der Waals surface area contributed by atoms with Crippen LogP contribution in [0.25, 0.3) is 0 Å². The summed E-state index contributed by atoms with van der Waals surface area (Å²) in [6, 6.07) is 9.00. The van der Waals surface area contributed by atoms with Crippen LogP contribution >= 0.6 is 23.4 Å². The topological polar surface area (TPSA) is 42.9 Å². The van der Waals surface area contributed by atoms with Crippen LogP contribution in [0.3, 0.4) is 0 Å². The molecule has 0 fully saturated rings. The summed E-state index contributed by atoms with van der Waals surface area (Å²) in [6.07, 6.45) is 4.43. The van der Waals surface area contributed by atoms with Gasteiger partial charge in [-0.3, -0.25) is 0 Å². The van der Waals surface area contributed by atoms with Crippen LogP contribution in [0, 0.1) is 0 Å². The zero-order valence-electron chi connectivity index (χ0n) is 9.71. The van der Waals surface area contributed by atoms with Crippen LogP contribution in [-0.4, -0.2) is 22.5 Å². The van der Waals surface area contributed by atoms with Crippen molar-refractivity contribution in [3.05, 3.63) is 52.8 Å². The molecule has 1 unspecified atom stereocenters. The van der Waals surface area contributed by atoms with Gasteiger partial charge in [0.1, 0.15) is 6.29 Å². The Morgan fingerprint density at radius 2 is 2.22 bits per heavy atom. The van der Waals surface area contributed by atoms with Gasteiger partial charge in [0.15, 0.2) is 5.16 Å². The first-order chi connectivity index (χ1) is 8.74. The molecule has 0 aliphatic rings. The highest BCUT2D eigenvalue weighted by Gasteiger charge is 2.15. The summed E-state index contributed by atoms with van der Waals surface area (Å²) >= 11 is 7.38. The molecule has 0 N–H and O–H groups in total. The standard InChI is InChI=1S/C13H11ClN2OS/c1-18-13-15-6-5-12(16-13)11(8-17)9-3-2-4-10(14)7-9/h2-8,11H,1H3. The zero-order valence-corrected chi connectivity index (χ0v) is 11.3. The molecule has 1 aromatic carbocycles. The smallest absolute Gasteiger partial charge is 0.187 e. The number of benzene rings is 1. The van der Waals surface area contributed by atoms with Crippen molar-refractivity contribution in [3.63, 3.8) is 0 Å². The SMILES string of the molecule is CSc1nccc(C(C=O)c2cccc(Cl)c2)n1. The fourth-order valence-electron chi connectivity index (χ4n) is 1.64. The van der Waals surface area contributed by atoms with E-state index < -0.39 is 5.92 Å². The number of hydrogen-bond donors (Lipinski definition) is 0. The van der Waals surface area contributed by atoms with E-state index in [1.165, 1.54) is 11.8 Å². The summed E-state index contributed by atoms with van der Waals surface area (Å²) < 4.78 is 0.